The van der Waals surface area contributed by atoms with E-state index in [2.05, 4.69) is 10.3 Å². The Morgan fingerprint density at radius 2 is 2.08 bits per heavy atom. The van der Waals surface area contributed by atoms with Crippen molar-refractivity contribution in [3.63, 3.8) is 0 Å². The van der Waals surface area contributed by atoms with E-state index in [0.717, 1.165) is 13.0 Å². The van der Waals surface area contributed by atoms with Gasteiger partial charge < -0.3 is 19.7 Å². The molecule has 25 heavy (non-hydrogen) atoms. The fourth-order valence-corrected chi connectivity index (χ4v) is 4.01. The SMILES string of the molecule is O=C(NC[C@@H]1CO[C@@H]2CN(C(=O)[C@H]3CCOC3)C[C@H]12)c1ccncc1. The van der Waals surface area contributed by atoms with Gasteiger partial charge in [-0.15, -0.1) is 0 Å². The van der Waals surface area contributed by atoms with Crippen molar-refractivity contribution in [3.8, 4) is 0 Å². The second-order valence-electron chi connectivity index (χ2n) is 7.05. The predicted octanol–water partition coefficient (Wildman–Crippen LogP) is 0.321. The molecule has 2 amide bonds. The number of nitrogens with one attached hydrogen (secondary N) is 1. The summed E-state index contributed by atoms with van der Waals surface area (Å²) in [6.07, 6.45) is 4.12. The minimum Gasteiger partial charge on any atom is -0.381 e. The fraction of sp³-hybridized carbons (Fsp3) is 0.611. The summed E-state index contributed by atoms with van der Waals surface area (Å²) in [7, 11) is 0. The number of hydrogen-bond donors (Lipinski definition) is 1. The summed E-state index contributed by atoms with van der Waals surface area (Å²) in [5.41, 5.74) is 0.606. The van der Waals surface area contributed by atoms with Gasteiger partial charge in [0.2, 0.25) is 5.91 Å². The van der Waals surface area contributed by atoms with E-state index in [9.17, 15) is 9.59 Å². The van der Waals surface area contributed by atoms with Crippen LogP contribution in [0.1, 0.15) is 16.8 Å². The number of carbonyl (C=O) groups is 2. The lowest BCUT2D eigenvalue weighted by Gasteiger charge is -2.22. The van der Waals surface area contributed by atoms with Gasteiger partial charge in [-0.25, -0.2) is 0 Å². The zero-order chi connectivity index (χ0) is 17.2. The first-order valence-corrected chi connectivity index (χ1v) is 8.88. The molecule has 3 fully saturated rings. The Kier molecular flexibility index (Phi) is 4.67. The van der Waals surface area contributed by atoms with E-state index in [1.165, 1.54) is 0 Å². The number of fused-ring (bicyclic) bond motifs is 1. The first kappa shape index (κ1) is 16.5. The number of rotatable bonds is 4. The molecule has 7 heteroatoms. The van der Waals surface area contributed by atoms with Gasteiger partial charge in [0.15, 0.2) is 0 Å². The monoisotopic (exact) mass is 345 g/mol. The van der Waals surface area contributed by atoms with Crippen molar-refractivity contribution < 1.29 is 19.1 Å². The van der Waals surface area contributed by atoms with E-state index in [1.54, 1.807) is 24.5 Å². The van der Waals surface area contributed by atoms with Gasteiger partial charge in [0.1, 0.15) is 0 Å². The summed E-state index contributed by atoms with van der Waals surface area (Å²) in [6.45, 7) is 3.80. The molecule has 0 spiro atoms. The summed E-state index contributed by atoms with van der Waals surface area (Å²) < 4.78 is 11.2. The summed E-state index contributed by atoms with van der Waals surface area (Å²) in [6, 6.07) is 3.39. The molecule has 1 aromatic rings. The van der Waals surface area contributed by atoms with Crippen molar-refractivity contribution in [3.05, 3.63) is 30.1 Å². The second-order valence-corrected chi connectivity index (χ2v) is 7.05. The molecule has 0 saturated carbocycles. The molecular formula is C18H23N3O4. The van der Waals surface area contributed by atoms with Crippen LogP contribution in [0.2, 0.25) is 0 Å². The Morgan fingerprint density at radius 3 is 2.84 bits per heavy atom. The third-order valence-electron chi connectivity index (χ3n) is 5.50. The van der Waals surface area contributed by atoms with Crippen molar-refractivity contribution in [2.24, 2.45) is 17.8 Å². The summed E-state index contributed by atoms with van der Waals surface area (Å²) in [5.74, 6) is 0.635. The van der Waals surface area contributed by atoms with Crippen LogP contribution >= 0.6 is 0 Å². The van der Waals surface area contributed by atoms with Gasteiger partial charge >= 0.3 is 0 Å². The van der Waals surface area contributed by atoms with Crippen LogP contribution in [0.15, 0.2) is 24.5 Å². The number of carbonyl (C=O) groups excluding carboxylic acids is 2. The largest absolute Gasteiger partial charge is 0.381 e. The van der Waals surface area contributed by atoms with Gasteiger partial charge in [0.25, 0.3) is 5.91 Å². The Balaban J connectivity index is 1.31. The van der Waals surface area contributed by atoms with E-state index >= 15 is 0 Å². The number of hydrogen-bond acceptors (Lipinski definition) is 5. The van der Waals surface area contributed by atoms with Crippen LogP contribution < -0.4 is 5.32 Å². The number of ether oxygens (including phenoxy) is 2. The van der Waals surface area contributed by atoms with E-state index in [-0.39, 0.29) is 29.8 Å². The minimum absolute atomic E-state index is 0.00340. The van der Waals surface area contributed by atoms with Crippen LogP contribution in [-0.4, -0.2) is 67.3 Å². The molecular weight excluding hydrogens is 322 g/mol. The highest BCUT2D eigenvalue weighted by molar-refractivity contribution is 5.93. The maximum atomic E-state index is 12.6. The third kappa shape index (κ3) is 3.39. The average molecular weight is 345 g/mol. The van der Waals surface area contributed by atoms with Crippen LogP contribution in [0.3, 0.4) is 0 Å². The fourth-order valence-electron chi connectivity index (χ4n) is 4.01. The van der Waals surface area contributed by atoms with Crippen molar-refractivity contribution in [2.45, 2.75) is 12.5 Å². The molecule has 0 radical (unpaired) electrons. The number of nitrogens with zero attached hydrogens (tertiary/aromatic N) is 2. The lowest BCUT2D eigenvalue weighted by atomic mass is 9.93. The highest BCUT2D eigenvalue weighted by Crippen LogP contribution is 2.34. The van der Waals surface area contributed by atoms with Crippen LogP contribution in [0, 0.1) is 17.8 Å². The molecule has 1 aromatic heterocycles. The molecule has 0 aliphatic carbocycles. The van der Waals surface area contributed by atoms with E-state index < -0.39 is 0 Å². The zero-order valence-electron chi connectivity index (χ0n) is 14.1. The molecule has 4 atom stereocenters. The highest BCUT2D eigenvalue weighted by Gasteiger charge is 2.46. The van der Waals surface area contributed by atoms with Crippen LogP contribution in [0.4, 0.5) is 0 Å². The van der Waals surface area contributed by atoms with Crippen molar-refractivity contribution in [1.29, 1.82) is 0 Å². The van der Waals surface area contributed by atoms with Crippen molar-refractivity contribution >= 4 is 11.8 Å². The molecule has 3 aliphatic heterocycles. The maximum absolute atomic E-state index is 12.6. The number of aromatic nitrogens is 1. The van der Waals surface area contributed by atoms with Gasteiger partial charge in [0, 0.05) is 56.0 Å². The quantitative estimate of drug-likeness (QED) is 0.850. The molecule has 4 rings (SSSR count). The summed E-state index contributed by atoms with van der Waals surface area (Å²) >= 11 is 0. The van der Waals surface area contributed by atoms with Crippen LogP contribution in [-0.2, 0) is 14.3 Å². The molecule has 3 saturated heterocycles. The third-order valence-corrected chi connectivity index (χ3v) is 5.50. The van der Waals surface area contributed by atoms with Crippen molar-refractivity contribution in [1.82, 2.24) is 15.2 Å². The maximum Gasteiger partial charge on any atom is 0.251 e. The molecule has 4 heterocycles. The molecule has 134 valence electrons. The molecule has 0 aromatic carbocycles. The number of pyridine rings is 1. The number of amides is 2. The van der Waals surface area contributed by atoms with Gasteiger partial charge in [-0.3, -0.25) is 14.6 Å². The molecule has 0 unspecified atom stereocenters. The second kappa shape index (κ2) is 7.09. The van der Waals surface area contributed by atoms with Crippen molar-refractivity contribution in [2.75, 3.05) is 39.5 Å². The molecule has 1 N–H and O–H groups in total. The van der Waals surface area contributed by atoms with E-state index in [4.69, 9.17) is 9.47 Å². The Morgan fingerprint density at radius 1 is 1.24 bits per heavy atom. The van der Waals surface area contributed by atoms with Gasteiger partial charge in [-0.1, -0.05) is 0 Å². The molecule has 3 aliphatic rings. The van der Waals surface area contributed by atoms with E-state index in [1.807, 2.05) is 4.90 Å². The Bertz CT molecular complexity index is 632. The standard InChI is InChI=1S/C18H23N3O4/c22-17(12-1-4-19-5-2-12)20-7-14-11-25-16-9-21(8-15(14)16)18(23)13-3-6-24-10-13/h1-2,4-5,13-16H,3,6-11H2,(H,20,22)/t13-,14+,15+,16+/m0/s1. The minimum atomic E-state index is -0.0973. The lowest BCUT2D eigenvalue weighted by molar-refractivity contribution is -0.135. The van der Waals surface area contributed by atoms with Gasteiger partial charge in [0.05, 0.1) is 25.2 Å². The first-order valence-electron chi connectivity index (χ1n) is 8.88. The summed E-state index contributed by atoms with van der Waals surface area (Å²) in [4.78, 5) is 30.6. The number of likely N-dealkylation sites (tertiary alicyclic amines) is 1. The normalized spacial score (nSPS) is 31.1. The highest BCUT2D eigenvalue weighted by atomic mass is 16.5. The first-order chi connectivity index (χ1) is 12.2. The topological polar surface area (TPSA) is 80.8 Å². The average Bonchev–Trinajstić information content (AvgIpc) is 3.37. The molecule has 7 nitrogen and oxygen atoms in total. The Labute approximate surface area is 146 Å². The van der Waals surface area contributed by atoms with E-state index in [0.29, 0.717) is 44.4 Å². The van der Waals surface area contributed by atoms with Crippen LogP contribution in [0.5, 0.6) is 0 Å². The Hall–Kier alpha value is -1.99. The van der Waals surface area contributed by atoms with Gasteiger partial charge in [-0.2, -0.15) is 0 Å². The van der Waals surface area contributed by atoms with Crippen LogP contribution in [0.25, 0.3) is 0 Å². The zero-order valence-corrected chi connectivity index (χ0v) is 14.1. The predicted molar refractivity (Wildman–Crippen MR) is 88.8 cm³/mol. The molecule has 0 bridgehead atoms. The lowest BCUT2D eigenvalue weighted by Crippen LogP contribution is -2.38. The smallest absolute Gasteiger partial charge is 0.251 e. The van der Waals surface area contributed by atoms with Gasteiger partial charge in [-0.05, 0) is 18.6 Å². The summed E-state index contributed by atoms with van der Waals surface area (Å²) in [5, 5.41) is 2.98.